The maximum absolute atomic E-state index is 14.2. The molecule has 0 fully saturated rings. The van der Waals surface area contributed by atoms with Gasteiger partial charge in [0.05, 0.1) is 50.0 Å². The Labute approximate surface area is 408 Å². The van der Waals surface area contributed by atoms with Crippen LogP contribution in [-0.2, 0) is 20.4 Å². The molecular weight excluding hydrogens is 903 g/mol. The number of nitrogens with zero attached hydrogens (tertiary/aromatic N) is 4. The second-order valence-corrected chi connectivity index (χ2v) is 20.5. The Morgan fingerprint density at radius 3 is 1.29 bits per heavy atom. The van der Waals surface area contributed by atoms with Crippen LogP contribution in [0, 0.1) is 10.8 Å². The number of aromatic nitrogens is 2. The minimum Gasteiger partial charge on any atom is -0.388 e. The maximum Gasteiger partial charge on any atom is 0.274 e. The van der Waals surface area contributed by atoms with Crippen LogP contribution in [0.5, 0.6) is 0 Å². The number of thioether (sulfide) groups is 2. The Bertz CT molecular complexity index is 2170. The van der Waals surface area contributed by atoms with Crippen molar-refractivity contribution < 1.29 is 19.2 Å². The molecule has 21 heteroatoms. The zero-order valence-electron chi connectivity index (χ0n) is 40.5. The Morgan fingerprint density at radius 2 is 0.941 bits per heavy atom. The number of unbranched alkanes of at least 4 members (excludes halogenated alkanes) is 2. The lowest BCUT2D eigenvalue weighted by Crippen LogP contribution is -2.23. The number of hydrogen-bond donors (Lipinski definition) is 11. The number of amidine groups is 3. The van der Waals surface area contributed by atoms with Crippen molar-refractivity contribution in [2.45, 2.75) is 133 Å². The summed E-state index contributed by atoms with van der Waals surface area (Å²) in [6, 6.07) is 8.83. The summed E-state index contributed by atoms with van der Waals surface area (Å²) in [7, 11) is 0. The summed E-state index contributed by atoms with van der Waals surface area (Å²) in [5, 5.41) is 27.5. The third kappa shape index (κ3) is 19.9. The van der Waals surface area contributed by atoms with E-state index in [1.54, 1.807) is 6.92 Å². The molecule has 0 bridgehead atoms. The largest absolute Gasteiger partial charge is 0.388 e. The fourth-order valence-electron chi connectivity index (χ4n) is 6.34. The topological polar surface area (TPSA) is 345 Å². The van der Waals surface area contributed by atoms with Crippen LogP contribution in [0.15, 0.2) is 56.4 Å². The van der Waals surface area contributed by atoms with Crippen LogP contribution in [0.1, 0.15) is 145 Å². The molecule has 2 aromatic carbocycles. The monoisotopic (exact) mass is 974 g/mol. The molecule has 68 heavy (non-hydrogen) atoms. The van der Waals surface area contributed by atoms with Crippen molar-refractivity contribution in [3.8, 4) is 0 Å². The number of carbonyl (C=O) groups excluding carboxylic acids is 4. The fourth-order valence-corrected chi connectivity index (χ4v) is 8.39. The summed E-state index contributed by atoms with van der Waals surface area (Å²) in [4.78, 5) is 72.9. The van der Waals surface area contributed by atoms with E-state index in [0.717, 1.165) is 17.5 Å². The van der Waals surface area contributed by atoms with Gasteiger partial charge in [-0.25, -0.2) is 9.97 Å². The van der Waals surface area contributed by atoms with Crippen molar-refractivity contribution in [1.82, 2.24) is 9.97 Å². The molecule has 19 nitrogen and oxygen atoms in total. The first kappa shape index (κ1) is 56.1. The van der Waals surface area contributed by atoms with Crippen LogP contribution in [-0.4, -0.2) is 81.7 Å². The predicted octanol–water partition coefficient (Wildman–Crippen LogP) is 7.06. The number of nitrogens with one attached hydrogen (secondary N) is 6. The number of amides is 4. The quantitative estimate of drug-likeness (QED) is 0.0166. The number of nitrogens with two attached hydrogens (primary N) is 5. The van der Waals surface area contributed by atoms with Crippen LogP contribution < -0.4 is 49.9 Å². The molecular formula is C47H71N15O4S2. The summed E-state index contributed by atoms with van der Waals surface area (Å²) < 4.78 is 0. The fraction of sp³-hybridized carbons (Fsp3) is 0.489. The van der Waals surface area contributed by atoms with E-state index < -0.39 is 17.2 Å². The van der Waals surface area contributed by atoms with E-state index in [4.69, 9.17) is 39.5 Å². The van der Waals surface area contributed by atoms with Gasteiger partial charge in [-0.3, -0.25) is 40.0 Å². The molecule has 16 N–H and O–H groups in total. The normalized spacial score (nSPS) is 11.7. The minimum atomic E-state index is -0.624. The highest BCUT2D eigenvalue weighted by atomic mass is 32.2. The van der Waals surface area contributed by atoms with Crippen LogP contribution in [0.2, 0.25) is 0 Å². The first-order chi connectivity index (χ1) is 31.9. The Balaban J connectivity index is 2.01. The Morgan fingerprint density at radius 1 is 0.559 bits per heavy atom. The van der Waals surface area contributed by atoms with Gasteiger partial charge in [0.25, 0.3) is 11.8 Å². The first-order valence-electron chi connectivity index (χ1n) is 22.6. The van der Waals surface area contributed by atoms with Crippen LogP contribution >= 0.6 is 23.5 Å². The van der Waals surface area contributed by atoms with Gasteiger partial charge in [0.1, 0.15) is 17.7 Å². The van der Waals surface area contributed by atoms with E-state index >= 15 is 0 Å². The zero-order valence-corrected chi connectivity index (χ0v) is 42.1. The summed E-state index contributed by atoms with van der Waals surface area (Å²) in [5.41, 5.74) is 30.4. The highest BCUT2D eigenvalue weighted by Gasteiger charge is 2.25. The van der Waals surface area contributed by atoms with Gasteiger partial charge < -0.3 is 49.9 Å². The molecule has 0 spiro atoms. The lowest BCUT2D eigenvalue weighted by molar-refractivity contribution is -0.117. The third-order valence-corrected chi connectivity index (χ3v) is 12.5. The highest BCUT2D eigenvalue weighted by Crippen LogP contribution is 2.42. The predicted molar refractivity (Wildman–Crippen MR) is 280 cm³/mol. The molecule has 0 saturated heterocycles. The van der Waals surface area contributed by atoms with Crippen LogP contribution in [0.25, 0.3) is 0 Å². The van der Waals surface area contributed by atoms with Gasteiger partial charge in [-0.1, -0.05) is 41.5 Å². The SMILES string of the molecule is CC(N)=NCCCCC(=O)Nc1cc(C(C)(C)C)cc(NC(=O)c2cc(C(=O)Nc3cc(C(C)(C)C)cc(NC(=O)CCCCN=C(N)N)c3SCCCC(=N)N)ncn2)c1SCCCC(=N)N. The van der Waals surface area contributed by atoms with Crippen molar-refractivity contribution in [2.75, 3.05) is 45.9 Å². The molecule has 370 valence electrons. The molecule has 0 radical (unpaired) electrons. The molecule has 0 aliphatic carbocycles. The molecule has 0 aliphatic heterocycles. The first-order valence-corrected chi connectivity index (χ1v) is 24.6. The van der Waals surface area contributed by atoms with Crippen molar-refractivity contribution in [3.05, 3.63) is 59.2 Å². The molecule has 4 amide bonds. The molecule has 0 saturated carbocycles. The van der Waals surface area contributed by atoms with Crippen molar-refractivity contribution in [3.63, 3.8) is 0 Å². The minimum absolute atomic E-state index is 0.00898. The number of rotatable bonds is 26. The lowest BCUT2D eigenvalue weighted by atomic mass is 9.86. The summed E-state index contributed by atoms with van der Waals surface area (Å²) in [6.07, 6.45) is 5.96. The molecule has 0 aliphatic rings. The maximum atomic E-state index is 14.2. The molecule has 3 aromatic rings. The van der Waals surface area contributed by atoms with E-state index in [2.05, 4.69) is 41.2 Å². The second kappa shape index (κ2) is 26.9. The number of guanidine groups is 1. The van der Waals surface area contributed by atoms with Gasteiger partial charge in [-0.2, -0.15) is 0 Å². The molecule has 3 rings (SSSR count). The summed E-state index contributed by atoms with van der Waals surface area (Å²) in [5.74, 6) is -0.00914. The molecule has 0 atom stereocenters. The number of carbonyl (C=O) groups is 4. The number of aliphatic imine (C=N–C) groups is 2. The van der Waals surface area contributed by atoms with Crippen molar-refractivity contribution in [1.29, 1.82) is 10.8 Å². The van der Waals surface area contributed by atoms with E-state index in [1.807, 2.05) is 65.8 Å². The van der Waals surface area contributed by atoms with Gasteiger partial charge >= 0.3 is 0 Å². The standard InChI is InChI=1S/C47H71N15O4S2/c1-28(48)55-18-10-8-16-39(63)59-31-22-29(46(2,3)4)24-33(41(31)67-20-12-14-37(49)50)61-43(65)35-26-36(58-27-57-35)44(66)62-34-25-30(47(5,6)7)23-32(42(34)68-21-13-15-38(51)52)60-40(64)17-9-11-19-56-45(53)54/h22-27H,8-21H2,1-7H3,(H2,48,55)(H3,49,50)(H3,51,52)(H,59,63)(H,60,64)(H,61,65)(H,62,66)(H4,53,54,56). The van der Waals surface area contributed by atoms with E-state index in [-0.39, 0.29) is 59.1 Å². The third-order valence-electron chi connectivity index (χ3n) is 10.0. The molecule has 1 heterocycles. The summed E-state index contributed by atoms with van der Waals surface area (Å²) >= 11 is 2.82. The van der Waals surface area contributed by atoms with Gasteiger partial charge in [0, 0.05) is 44.8 Å². The lowest BCUT2D eigenvalue weighted by Gasteiger charge is -2.24. The Hall–Kier alpha value is -6.22. The number of hydrogen-bond acceptors (Lipinski definition) is 12. The Kier molecular flexibility index (Phi) is 22.2. The van der Waals surface area contributed by atoms with E-state index in [9.17, 15) is 19.2 Å². The smallest absolute Gasteiger partial charge is 0.274 e. The molecule has 1 aromatic heterocycles. The highest BCUT2D eigenvalue weighted by molar-refractivity contribution is 7.99. The van der Waals surface area contributed by atoms with Gasteiger partial charge in [-0.05, 0) is 103 Å². The number of benzene rings is 2. The van der Waals surface area contributed by atoms with Crippen molar-refractivity contribution in [2.24, 2.45) is 38.7 Å². The molecule has 0 unspecified atom stereocenters. The van der Waals surface area contributed by atoms with Gasteiger partial charge in [0.2, 0.25) is 11.8 Å². The van der Waals surface area contributed by atoms with E-state index in [0.29, 0.717) is 114 Å². The van der Waals surface area contributed by atoms with Crippen LogP contribution in [0.4, 0.5) is 22.7 Å². The van der Waals surface area contributed by atoms with Crippen LogP contribution in [0.3, 0.4) is 0 Å². The average Bonchev–Trinajstić information content (AvgIpc) is 3.23. The van der Waals surface area contributed by atoms with Gasteiger partial charge in [-0.15, -0.1) is 23.5 Å². The summed E-state index contributed by atoms with van der Waals surface area (Å²) in [6.45, 7) is 14.8. The second-order valence-electron chi connectivity index (χ2n) is 18.3. The van der Waals surface area contributed by atoms with E-state index in [1.165, 1.54) is 29.6 Å². The van der Waals surface area contributed by atoms with Gasteiger partial charge in [0.15, 0.2) is 5.96 Å². The zero-order chi connectivity index (χ0) is 50.6. The van der Waals surface area contributed by atoms with Crippen molar-refractivity contribution >= 4 is 93.4 Å². The average molecular weight is 974 g/mol. The number of anilines is 4.